The zero-order chi connectivity index (χ0) is 22.1. The third kappa shape index (κ3) is 8.03. The number of aliphatic hydroxyl groups is 1. The van der Waals surface area contributed by atoms with Crippen LogP contribution in [0.5, 0.6) is 0 Å². The van der Waals surface area contributed by atoms with Crippen LogP contribution in [-0.2, 0) is 11.2 Å². The van der Waals surface area contributed by atoms with Gasteiger partial charge in [0.15, 0.2) is 5.96 Å². The number of halogens is 2. The topological polar surface area (TPSA) is 85.8 Å². The second-order valence-electron chi connectivity index (χ2n) is 7.00. The number of amides is 1. The molecule has 32 heavy (non-hydrogen) atoms. The molecule has 0 aliphatic heterocycles. The molecule has 6 nitrogen and oxygen atoms in total. The number of aliphatic imine (C=N–C) groups is 1. The summed E-state index contributed by atoms with van der Waals surface area (Å²) in [4.78, 5) is 17.3. The van der Waals surface area contributed by atoms with E-state index in [1.54, 1.807) is 23.5 Å². The third-order valence-corrected chi connectivity index (χ3v) is 5.77. The first-order valence-electron chi connectivity index (χ1n) is 10.2. The summed E-state index contributed by atoms with van der Waals surface area (Å²) < 4.78 is 14.1. The molecule has 0 saturated heterocycles. The van der Waals surface area contributed by atoms with Crippen LogP contribution in [0.2, 0.25) is 0 Å². The highest BCUT2D eigenvalue weighted by atomic mass is 127. The minimum Gasteiger partial charge on any atom is -0.386 e. The van der Waals surface area contributed by atoms with Gasteiger partial charge in [0.25, 0.3) is 0 Å². The number of carbonyl (C=O) groups excluding carboxylic acids is 1. The average Bonchev–Trinajstić information content (AvgIpc) is 3.21. The smallest absolute Gasteiger partial charge is 0.224 e. The summed E-state index contributed by atoms with van der Waals surface area (Å²) in [5.41, 5.74) is 0.761. The van der Waals surface area contributed by atoms with Crippen LogP contribution in [0.15, 0.2) is 59.6 Å². The van der Waals surface area contributed by atoms with Crippen LogP contribution < -0.4 is 16.0 Å². The molecule has 0 bridgehead atoms. The lowest BCUT2D eigenvalue weighted by Crippen LogP contribution is -2.42. The second-order valence-corrected chi connectivity index (χ2v) is 8.12. The number of benzene rings is 2. The van der Waals surface area contributed by atoms with Gasteiger partial charge in [0.05, 0.1) is 13.0 Å². The lowest BCUT2D eigenvalue weighted by atomic mass is 10.1. The van der Waals surface area contributed by atoms with Crippen molar-refractivity contribution >= 4 is 57.3 Å². The number of rotatable bonds is 9. The van der Waals surface area contributed by atoms with Crippen LogP contribution in [-0.4, -0.2) is 43.2 Å². The van der Waals surface area contributed by atoms with Crippen molar-refractivity contribution in [1.29, 1.82) is 0 Å². The van der Waals surface area contributed by atoms with Gasteiger partial charge in [0.1, 0.15) is 11.9 Å². The summed E-state index contributed by atoms with van der Waals surface area (Å²) in [6.07, 6.45) is -0.473. The fourth-order valence-corrected chi connectivity index (χ4v) is 4.05. The van der Waals surface area contributed by atoms with Gasteiger partial charge in [-0.25, -0.2) is 4.39 Å². The fourth-order valence-electron chi connectivity index (χ4n) is 3.01. The molecular formula is C23H28FIN4O2S. The first-order chi connectivity index (χ1) is 15.0. The normalized spacial score (nSPS) is 12.2. The number of carbonyl (C=O) groups is 1. The maximum absolute atomic E-state index is 12.9. The Morgan fingerprint density at radius 1 is 1.09 bits per heavy atom. The second kappa shape index (κ2) is 13.3. The molecule has 1 atom stereocenters. The molecule has 0 aliphatic rings. The number of guanidine groups is 1. The first-order valence-corrected chi connectivity index (χ1v) is 11.1. The predicted molar refractivity (Wildman–Crippen MR) is 139 cm³/mol. The van der Waals surface area contributed by atoms with Gasteiger partial charge < -0.3 is 21.1 Å². The summed E-state index contributed by atoms with van der Waals surface area (Å²) in [6, 6.07) is 15.9. The summed E-state index contributed by atoms with van der Waals surface area (Å²) >= 11 is 1.57. The largest absolute Gasteiger partial charge is 0.386 e. The van der Waals surface area contributed by atoms with E-state index < -0.39 is 6.10 Å². The SMILES string of the molecule is CCNC(=NCC(O)c1cc2ccccc2s1)NCCNC(=O)Cc1ccc(F)cc1.I. The maximum Gasteiger partial charge on any atom is 0.224 e. The Hall–Kier alpha value is -2.24. The molecule has 9 heteroatoms. The highest BCUT2D eigenvalue weighted by molar-refractivity contribution is 14.0. The van der Waals surface area contributed by atoms with Crippen LogP contribution in [0.1, 0.15) is 23.5 Å². The standard InChI is InChI=1S/C23H27FN4O2S.HI/c1-2-25-23(27-12-11-26-22(30)13-16-7-9-18(24)10-8-16)28-15-19(29)21-14-17-5-3-4-6-20(17)31-21;/h3-10,14,19,29H,2,11-13,15H2,1H3,(H,26,30)(H2,25,27,28);1H. The number of hydrogen-bond donors (Lipinski definition) is 4. The summed E-state index contributed by atoms with van der Waals surface area (Å²) in [6.45, 7) is 3.79. The molecule has 3 aromatic rings. The Kier molecular flexibility index (Phi) is 10.8. The summed E-state index contributed by atoms with van der Waals surface area (Å²) in [5.74, 6) is 0.132. The molecule has 1 heterocycles. The van der Waals surface area contributed by atoms with Crippen molar-refractivity contribution in [1.82, 2.24) is 16.0 Å². The maximum atomic E-state index is 12.9. The Labute approximate surface area is 208 Å². The van der Waals surface area contributed by atoms with Crippen LogP contribution >= 0.6 is 35.3 Å². The number of thiophene rings is 1. The van der Waals surface area contributed by atoms with Gasteiger partial charge in [-0.3, -0.25) is 9.79 Å². The molecule has 0 spiro atoms. The molecule has 1 unspecified atom stereocenters. The number of nitrogens with one attached hydrogen (secondary N) is 3. The zero-order valence-electron chi connectivity index (χ0n) is 17.8. The van der Waals surface area contributed by atoms with E-state index in [9.17, 15) is 14.3 Å². The number of nitrogens with zero attached hydrogens (tertiary/aromatic N) is 1. The first kappa shape index (κ1) is 26.0. The molecular weight excluding hydrogens is 542 g/mol. The molecule has 3 rings (SSSR count). The number of fused-ring (bicyclic) bond motifs is 1. The van der Waals surface area contributed by atoms with Gasteiger partial charge in [0, 0.05) is 29.2 Å². The summed E-state index contributed by atoms with van der Waals surface area (Å²) in [7, 11) is 0. The quantitative estimate of drug-likeness (QED) is 0.137. The highest BCUT2D eigenvalue weighted by Crippen LogP contribution is 2.29. The van der Waals surface area contributed by atoms with E-state index in [2.05, 4.69) is 20.9 Å². The van der Waals surface area contributed by atoms with Gasteiger partial charge in [0.2, 0.25) is 5.91 Å². The predicted octanol–water partition coefficient (Wildman–Crippen LogP) is 3.61. The Morgan fingerprint density at radius 2 is 1.81 bits per heavy atom. The van der Waals surface area contributed by atoms with E-state index in [1.165, 1.54) is 12.1 Å². The number of aliphatic hydroxyl groups excluding tert-OH is 1. The molecule has 4 N–H and O–H groups in total. The average molecular weight is 570 g/mol. The monoisotopic (exact) mass is 570 g/mol. The van der Waals surface area contributed by atoms with E-state index >= 15 is 0 Å². The zero-order valence-corrected chi connectivity index (χ0v) is 21.0. The van der Waals surface area contributed by atoms with Crippen molar-refractivity contribution in [3.63, 3.8) is 0 Å². The van der Waals surface area contributed by atoms with E-state index in [-0.39, 0.29) is 48.7 Å². The Morgan fingerprint density at radius 3 is 2.53 bits per heavy atom. The molecule has 0 fully saturated rings. The molecule has 0 radical (unpaired) electrons. The van der Waals surface area contributed by atoms with Gasteiger partial charge in [-0.05, 0) is 42.1 Å². The highest BCUT2D eigenvalue weighted by Gasteiger charge is 2.11. The van der Waals surface area contributed by atoms with Crippen molar-refractivity contribution in [2.24, 2.45) is 4.99 Å². The van der Waals surface area contributed by atoms with Crippen molar-refractivity contribution in [3.05, 3.63) is 70.9 Å². The van der Waals surface area contributed by atoms with Gasteiger partial charge in [-0.15, -0.1) is 35.3 Å². The van der Waals surface area contributed by atoms with Crippen LogP contribution in [0.25, 0.3) is 10.1 Å². The molecule has 1 aromatic heterocycles. The van der Waals surface area contributed by atoms with Gasteiger partial charge >= 0.3 is 0 Å². The van der Waals surface area contributed by atoms with E-state index in [4.69, 9.17) is 0 Å². The van der Waals surface area contributed by atoms with E-state index in [0.717, 1.165) is 20.5 Å². The van der Waals surface area contributed by atoms with Crippen molar-refractivity contribution in [3.8, 4) is 0 Å². The minimum atomic E-state index is -0.678. The molecule has 0 aliphatic carbocycles. The lowest BCUT2D eigenvalue weighted by Gasteiger charge is -2.13. The molecule has 172 valence electrons. The van der Waals surface area contributed by atoms with Crippen molar-refractivity contribution in [2.45, 2.75) is 19.4 Å². The summed E-state index contributed by atoms with van der Waals surface area (Å²) in [5, 5.41) is 20.7. The van der Waals surface area contributed by atoms with Gasteiger partial charge in [-0.1, -0.05) is 30.3 Å². The van der Waals surface area contributed by atoms with Crippen molar-refractivity contribution in [2.75, 3.05) is 26.2 Å². The lowest BCUT2D eigenvalue weighted by molar-refractivity contribution is -0.120. The number of hydrogen-bond acceptors (Lipinski definition) is 4. The molecule has 1 amide bonds. The van der Waals surface area contributed by atoms with Crippen molar-refractivity contribution < 1.29 is 14.3 Å². The van der Waals surface area contributed by atoms with Gasteiger partial charge in [-0.2, -0.15) is 0 Å². The fraction of sp³-hybridized carbons (Fsp3) is 0.304. The molecule has 0 saturated carbocycles. The van der Waals surface area contributed by atoms with Crippen LogP contribution in [0.4, 0.5) is 4.39 Å². The molecule has 2 aromatic carbocycles. The van der Waals surface area contributed by atoms with E-state index in [1.807, 2.05) is 37.3 Å². The Bertz CT molecular complexity index is 993. The van der Waals surface area contributed by atoms with E-state index in [0.29, 0.717) is 25.6 Å². The van der Waals surface area contributed by atoms with Crippen LogP contribution in [0, 0.1) is 5.82 Å². The minimum absolute atomic E-state index is 0. The Balaban J connectivity index is 0.00000363. The third-order valence-electron chi connectivity index (χ3n) is 4.56. The van der Waals surface area contributed by atoms with Crippen LogP contribution in [0.3, 0.4) is 0 Å².